The van der Waals surface area contributed by atoms with Crippen LogP contribution >= 0.6 is 48.6 Å². The fraction of sp³-hybridized carbons (Fsp3) is 0.368. The van der Waals surface area contributed by atoms with Crippen molar-refractivity contribution in [3.8, 4) is 5.75 Å². The van der Waals surface area contributed by atoms with Gasteiger partial charge in [0.15, 0.2) is 4.80 Å². The number of ether oxygens (including phenoxy) is 1. The minimum Gasteiger partial charge on any atom is -0.406 e. The molecular weight excluding hydrogens is 510 g/mol. The molecule has 4 rings (SSSR count). The molecule has 1 aromatic carbocycles. The van der Waals surface area contributed by atoms with Crippen molar-refractivity contribution in [3.63, 3.8) is 0 Å². The number of aromatic nitrogens is 2. The summed E-state index contributed by atoms with van der Waals surface area (Å²) >= 11 is 1.15. The molecule has 0 amide bonds. The first-order valence-corrected chi connectivity index (χ1v) is 10.0. The van der Waals surface area contributed by atoms with E-state index in [1.165, 1.54) is 12.1 Å². The molecule has 3 heterocycles. The second kappa shape index (κ2) is 11.9. The van der Waals surface area contributed by atoms with Gasteiger partial charge in [0, 0.05) is 45.5 Å². The number of hydrogen-bond acceptors (Lipinski definition) is 6. The Morgan fingerprint density at radius 2 is 1.72 bits per heavy atom. The normalized spacial score (nSPS) is 14.3. The molecular formula is C19H23Cl3F3N5OS. The number of hydrogen-bond donors (Lipinski definition) is 1. The Balaban J connectivity index is 0.00000171. The van der Waals surface area contributed by atoms with Gasteiger partial charge in [0.05, 0.1) is 10.2 Å². The van der Waals surface area contributed by atoms with Gasteiger partial charge in [-0.1, -0.05) is 17.4 Å². The number of fused-ring (bicyclic) bond motifs is 1. The summed E-state index contributed by atoms with van der Waals surface area (Å²) in [5.74, 6) is 0.722. The lowest BCUT2D eigenvalue weighted by molar-refractivity contribution is -0.274. The summed E-state index contributed by atoms with van der Waals surface area (Å²) in [4.78, 5) is 9.29. The van der Waals surface area contributed by atoms with E-state index >= 15 is 0 Å². The van der Waals surface area contributed by atoms with Crippen molar-refractivity contribution in [1.29, 1.82) is 5.41 Å². The van der Waals surface area contributed by atoms with E-state index < -0.39 is 6.36 Å². The van der Waals surface area contributed by atoms with E-state index in [1.54, 1.807) is 12.3 Å². The summed E-state index contributed by atoms with van der Waals surface area (Å²) in [6, 6.07) is 10.1. The Morgan fingerprint density at radius 1 is 1.00 bits per heavy atom. The third kappa shape index (κ3) is 6.89. The van der Waals surface area contributed by atoms with E-state index in [0.717, 1.165) is 55.4 Å². The van der Waals surface area contributed by atoms with Gasteiger partial charge in [-0.25, -0.2) is 4.98 Å². The monoisotopic (exact) mass is 531 g/mol. The second-order valence-corrected chi connectivity index (χ2v) is 7.78. The van der Waals surface area contributed by atoms with Crippen LogP contribution in [0.4, 0.5) is 19.0 Å². The van der Waals surface area contributed by atoms with Gasteiger partial charge in [0.1, 0.15) is 11.6 Å². The average Bonchev–Trinajstić information content (AvgIpc) is 3.00. The average molecular weight is 533 g/mol. The molecule has 0 aliphatic carbocycles. The van der Waals surface area contributed by atoms with Crippen molar-refractivity contribution < 1.29 is 17.9 Å². The van der Waals surface area contributed by atoms with Crippen LogP contribution < -0.4 is 14.4 Å². The van der Waals surface area contributed by atoms with E-state index in [-0.39, 0.29) is 43.0 Å². The molecule has 6 nitrogen and oxygen atoms in total. The highest BCUT2D eigenvalue weighted by atomic mass is 35.5. The quantitative estimate of drug-likeness (QED) is 0.523. The van der Waals surface area contributed by atoms with Crippen molar-refractivity contribution in [2.45, 2.75) is 12.9 Å². The number of nitrogens with one attached hydrogen (secondary N) is 1. The predicted molar refractivity (Wildman–Crippen MR) is 127 cm³/mol. The fourth-order valence-corrected chi connectivity index (χ4v) is 4.44. The van der Waals surface area contributed by atoms with Crippen LogP contribution in [0.1, 0.15) is 0 Å². The first kappa shape index (κ1) is 28.3. The number of thiazole rings is 1. The van der Waals surface area contributed by atoms with E-state index in [1.807, 2.05) is 22.8 Å². The number of rotatable bonds is 5. The number of alkyl halides is 3. The molecule has 1 N–H and O–H groups in total. The Kier molecular flexibility index (Phi) is 10.6. The molecule has 0 atom stereocenters. The van der Waals surface area contributed by atoms with Gasteiger partial charge < -0.3 is 14.2 Å². The molecule has 178 valence electrons. The SMILES string of the molecule is Cl.Cl.Cl.N=c1sc2cc(OC(F)(F)F)ccc2n1CCN1CCN(c2ccccn2)CC1. The molecule has 3 aromatic rings. The third-order valence-electron chi connectivity index (χ3n) is 4.89. The summed E-state index contributed by atoms with van der Waals surface area (Å²) < 4.78 is 43.7. The standard InChI is InChI=1S/C19H20F3N5OS.3ClH/c20-19(21,22)28-14-4-5-15-16(13-14)29-18(23)27(15)12-9-25-7-10-26(11-8-25)17-3-1-2-6-24-17;;;/h1-6,13,23H,7-12H2;3*1H. The van der Waals surface area contributed by atoms with Gasteiger partial charge in [-0.2, -0.15) is 0 Å². The molecule has 2 aromatic heterocycles. The maximum atomic E-state index is 12.4. The van der Waals surface area contributed by atoms with E-state index in [4.69, 9.17) is 5.41 Å². The topological polar surface area (TPSA) is 57.4 Å². The minimum absolute atomic E-state index is 0. The smallest absolute Gasteiger partial charge is 0.406 e. The van der Waals surface area contributed by atoms with Crippen LogP contribution in [0.25, 0.3) is 10.2 Å². The highest BCUT2D eigenvalue weighted by Crippen LogP contribution is 2.27. The lowest BCUT2D eigenvalue weighted by Crippen LogP contribution is -2.47. The largest absolute Gasteiger partial charge is 0.573 e. The minimum atomic E-state index is -4.72. The number of anilines is 1. The lowest BCUT2D eigenvalue weighted by atomic mass is 10.3. The van der Waals surface area contributed by atoms with E-state index in [9.17, 15) is 13.2 Å². The zero-order valence-electron chi connectivity index (χ0n) is 16.7. The predicted octanol–water partition coefficient (Wildman–Crippen LogP) is 4.56. The molecule has 0 bridgehead atoms. The third-order valence-corrected chi connectivity index (χ3v) is 5.85. The first-order valence-electron chi connectivity index (χ1n) is 9.21. The van der Waals surface area contributed by atoms with Crippen LogP contribution in [-0.4, -0.2) is 53.5 Å². The van der Waals surface area contributed by atoms with Gasteiger partial charge >= 0.3 is 6.36 Å². The van der Waals surface area contributed by atoms with Crippen LogP contribution in [-0.2, 0) is 6.54 Å². The van der Waals surface area contributed by atoms with Gasteiger partial charge in [-0.15, -0.1) is 50.4 Å². The molecule has 0 saturated carbocycles. The van der Waals surface area contributed by atoms with Crippen molar-refractivity contribution in [2.24, 2.45) is 0 Å². The molecule has 13 heteroatoms. The number of pyridine rings is 1. The summed E-state index contributed by atoms with van der Waals surface area (Å²) in [7, 11) is 0. The second-order valence-electron chi connectivity index (χ2n) is 6.75. The maximum Gasteiger partial charge on any atom is 0.573 e. The summed E-state index contributed by atoms with van der Waals surface area (Å²) in [6.45, 7) is 4.96. The lowest BCUT2D eigenvalue weighted by Gasteiger charge is -2.35. The Hall–Kier alpha value is -1.72. The Labute approximate surface area is 205 Å². The Morgan fingerprint density at radius 3 is 2.34 bits per heavy atom. The van der Waals surface area contributed by atoms with Gasteiger partial charge in [0.2, 0.25) is 0 Å². The highest BCUT2D eigenvalue weighted by molar-refractivity contribution is 7.16. The Bertz CT molecular complexity index is 1040. The number of benzene rings is 1. The van der Waals surface area contributed by atoms with Crippen LogP contribution in [0.5, 0.6) is 5.75 Å². The molecule has 1 saturated heterocycles. The van der Waals surface area contributed by atoms with Crippen LogP contribution in [0.3, 0.4) is 0 Å². The first-order chi connectivity index (χ1) is 13.9. The van der Waals surface area contributed by atoms with Crippen LogP contribution in [0.15, 0.2) is 42.6 Å². The van der Waals surface area contributed by atoms with Crippen molar-refractivity contribution >= 4 is 64.6 Å². The van der Waals surface area contributed by atoms with Crippen molar-refractivity contribution in [2.75, 3.05) is 37.6 Å². The van der Waals surface area contributed by atoms with Crippen molar-refractivity contribution in [3.05, 3.63) is 47.4 Å². The van der Waals surface area contributed by atoms with E-state index in [0.29, 0.717) is 16.0 Å². The molecule has 0 radical (unpaired) electrons. The highest BCUT2D eigenvalue weighted by Gasteiger charge is 2.31. The van der Waals surface area contributed by atoms with Crippen LogP contribution in [0, 0.1) is 5.41 Å². The van der Waals surface area contributed by atoms with Gasteiger partial charge in [-0.3, -0.25) is 10.3 Å². The molecule has 1 aliphatic heterocycles. The summed E-state index contributed by atoms with van der Waals surface area (Å²) in [6.07, 6.45) is -2.93. The molecule has 0 spiro atoms. The zero-order valence-corrected chi connectivity index (χ0v) is 20.0. The fourth-order valence-electron chi connectivity index (χ4n) is 3.47. The molecule has 1 aliphatic rings. The summed E-state index contributed by atoms with van der Waals surface area (Å²) in [5, 5.41) is 8.19. The van der Waals surface area contributed by atoms with Gasteiger partial charge in [-0.05, 0) is 30.3 Å². The van der Waals surface area contributed by atoms with Crippen LogP contribution in [0.2, 0.25) is 0 Å². The van der Waals surface area contributed by atoms with Gasteiger partial charge in [0.25, 0.3) is 0 Å². The number of piperazine rings is 1. The zero-order chi connectivity index (χ0) is 20.4. The maximum absolute atomic E-state index is 12.4. The molecule has 1 fully saturated rings. The van der Waals surface area contributed by atoms with Crippen molar-refractivity contribution in [1.82, 2.24) is 14.5 Å². The molecule has 0 unspecified atom stereocenters. The number of halogens is 6. The van der Waals surface area contributed by atoms with E-state index in [2.05, 4.69) is 19.5 Å². The number of nitrogens with zero attached hydrogens (tertiary/aromatic N) is 4. The summed E-state index contributed by atoms with van der Waals surface area (Å²) in [5.41, 5.74) is 0.752. The molecule has 32 heavy (non-hydrogen) atoms.